The quantitative estimate of drug-likeness (QED) is 0.782. The number of carbonyl (C=O) groups excluding carboxylic acids is 2. The molecule has 3 heterocycles. The normalized spacial score (nSPS) is 23.4. The van der Waals surface area contributed by atoms with E-state index in [2.05, 4.69) is 4.98 Å². The predicted molar refractivity (Wildman–Crippen MR) is 92.7 cm³/mol. The highest BCUT2D eigenvalue weighted by atomic mass is 32.2. The third kappa shape index (κ3) is 4.00. The Hall–Kier alpha value is -1.96. The Labute approximate surface area is 147 Å². The van der Waals surface area contributed by atoms with E-state index in [1.54, 1.807) is 41.4 Å². The zero-order chi connectivity index (χ0) is 18.0. The number of amides is 2. The van der Waals surface area contributed by atoms with Gasteiger partial charge in [0.2, 0.25) is 5.91 Å². The summed E-state index contributed by atoms with van der Waals surface area (Å²) in [5, 5.41) is 0. The van der Waals surface area contributed by atoms with Crippen molar-refractivity contribution < 1.29 is 18.0 Å². The van der Waals surface area contributed by atoms with Gasteiger partial charge in [-0.3, -0.25) is 14.6 Å². The Morgan fingerprint density at radius 2 is 1.96 bits per heavy atom. The summed E-state index contributed by atoms with van der Waals surface area (Å²) < 4.78 is 23.2. The molecule has 3 rings (SSSR count). The number of aromatic nitrogens is 1. The molecule has 1 aromatic heterocycles. The Morgan fingerprint density at radius 1 is 1.24 bits per heavy atom. The van der Waals surface area contributed by atoms with Crippen molar-refractivity contribution in [3.8, 4) is 0 Å². The number of likely N-dealkylation sites (tertiary alicyclic amines) is 1. The Kier molecular flexibility index (Phi) is 5.08. The summed E-state index contributed by atoms with van der Waals surface area (Å²) in [4.78, 5) is 32.4. The molecule has 1 unspecified atom stereocenters. The molecule has 7 nitrogen and oxygen atoms in total. The van der Waals surface area contributed by atoms with Crippen LogP contribution in [0.25, 0.3) is 0 Å². The van der Waals surface area contributed by atoms with E-state index in [4.69, 9.17) is 0 Å². The highest BCUT2D eigenvalue weighted by Gasteiger charge is 2.36. The van der Waals surface area contributed by atoms with Crippen molar-refractivity contribution >= 4 is 21.7 Å². The molecule has 0 aliphatic carbocycles. The summed E-state index contributed by atoms with van der Waals surface area (Å²) in [5.74, 6) is 0.0112. The van der Waals surface area contributed by atoms with Crippen LogP contribution in [0.1, 0.15) is 29.6 Å². The molecule has 25 heavy (non-hydrogen) atoms. The number of rotatable bonds is 3. The van der Waals surface area contributed by atoms with Gasteiger partial charge in [-0.25, -0.2) is 8.42 Å². The fourth-order valence-electron chi connectivity index (χ4n) is 3.55. The average Bonchev–Trinajstić information content (AvgIpc) is 3.00. The van der Waals surface area contributed by atoms with E-state index in [0.29, 0.717) is 37.9 Å². The van der Waals surface area contributed by atoms with Gasteiger partial charge >= 0.3 is 0 Å². The largest absolute Gasteiger partial charge is 0.341 e. The SMILES string of the molecule is CN(C(=O)C1CCN(C(=O)c2cccnc2)CC1)C1CCS(=O)(=O)C1. The van der Waals surface area contributed by atoms with Crippen LogP contribution in [-0.4, -0.2) is 72.7 Å². The van der Waals surface area contributed by atoms with Crippen LogP contribution >= 0.6 is 0 Å². The first kappa shape index (κ1) is 17.8. The van der Waals surface area contributed by atoms with Gasteiger partial charge in [0.15, 0.2) is 9.84 Å². The number of piperidine rings is 1. The van der Waals surface area contributed by atoms with Crippen molar-refractivity contribution in [2.24, 2.45) is 5.92 Å². The Bertz CT molecular complexity index is 742. The molecule has 0 spiro atoms. The minimum absolute atomic E-state index is 0.00410. The standard InChI is InChI=1S/C17H23N3O4S/c1-19(15-6-10-25(23,24)12-15)16(21)13-4-8-20(9-5-13)17(22)14-3-2-7-18-11-14/h2-3,7,11,13,15H,4-6,8-10,12H2,1H3. The second-order valence-electron chi connectivity index (χ2n) is 6.81. The van der Waals surface area contributed by atoms with Crippen LogP contribution in [0.15, 0.2) is 24.5 Å². The van der Waals surface area contributed by atoms with Gasteiger partial charge in [0, 0.05) is 44.5 Å². The first-order valence-corrected chi connectivity index (χ1v) is 10.4. The van der Waals surface area contributed by atoms with Crippen molar-refractivity contribution in [3.05, 3.63) is 30.1 Å². The fraction of sp³-hybridized carbons (Fsp3) is 0.588. The van der Waals surface area contributed by atoms with E-state index in [-0.39, 0.29) is 35.3 Å². The van der Waals surface area contributed by atoms with E-state index in [1.165, 1.54) is 0 Å². The number of hydrogen-bond donors (Lipinski definition) is 0. The smallest absolute Gasteiger partial charge is 0.255 e. The molecule has 2 saturated heterocycles. The summed E-state index contributed by atoms with van der Waals surface area (Å²) in [5.41, 5.74) is 0.556. The van der Waals surface area contributed by atoms with Crippen molar-refractivity contribution in [3.63, 3.8) is 0 Å². The van der Waals surface area contributed by atoms with Crippen LogP contribution in [0.3, 0.4) is 0 Å². The maximum atomic E-state index is 12.7. The van der Waals surface area contributed by atoms with Crippen LogP contribution in [0.4, 0.5) is 0 Å². The van der Waals surface area contributed by atoms with Gasteiger partial charge in [-0.05, 0) is 31.4 Å². The van der Waals surface area contributed by atoms with Gasteiger partial charge in [0.05, 0.1) is 17.1 Å². The van der Waals surface area contributed by atoms with Crippen LogP contribution in [0.5, 0.6) is 0 Å². The summed E-state index contributed by atoms with van der Waals surface area (Å²) in [7, 11) is -1.31. The Balaban J connectivity index is 1.55. The number of nitrogens with zero attached hydrogens (tertiary/aromatic N) is 3. The molecule has 2 aliphatic heterocycles. The molecule has 8 heteroatoms. The number of sulfone groups is 1. The third-order valence-corrected chi connectivity index (χ3v) is 6.89. The van der Waals surface area contributed by atoms with Crippen LogP contribution in [-0.2, 0) is 14.6 Å². The number of carbonyl (C=O) groups is 2. The molecule has 2 amide bonds. The summed E-state index contributed by atoms with van der Waals surface area (Å²) in [6.07, 6.45) is 4.90. The van der Waals surface area contributed by atoms with Gasteiger partial charge in [0.25, 0.3) is 5.91 Å². The van der Waals surface area contributed by atoms with E-state index in [9.17, 15) is 18.0 Å². The first-order chi connectivity index (χ1) is 11.9. The minimum Gasteiger partial charge on any atom is -0.341 e. The van der Waals surface area contributed by atoms with Gasteiger partial charge in [-0.2, -0.15) is 0 Å². The van der Waals surface area contributed by atoms with E-state index >= 15 is 0 Å². The van der Waals surface area contributed by atoms with Gasteiger partial charge in [0.1, 0.15) is 0 Å². The van der Waals surface area contributed by atoms with E-state index in [0.717, 1.165) is 0 Å². The van der Waals surface area contributed by atoms with Crippen molar-refractivity contribution in [1.82, 2.24) is 14.8 Å². The highest BCUT2D eigenvalue weighted by Crippen LogP contribution is 2.24. The van der Waals surface area contributed by atoms with Crippen LogP contribution in [0.2, 0.25) is 0 Å². The lowest BCUT2D eigenvalue weighted by Gasteiger charge is -2.34. The number of hydrogen-bond acceptors (Lipinski definition) is 5. The summed E-state index contributed by atoms with van der Waals surface area (Å²) >= 11 is 0. The molecule has 0 N–H and O–H groups in total. The summed E-state index contributed by atoms with van der Waals surface area (Å²) in [6.45, 7) is 1.06. The Morgan fingerprint density at radius 3 is 2.52 bits per heavy atom. The van der Waals surface area contributed by atoms with Gasteiger partial charge < -0.3 is 9.80 Å². The topological polar surface area (TPSA) is 87.7 Å². The molecule has 0 radical (unpaired) electrons. The molecule has 2 fully saturated rings. The van der Waals surface area contributed by atoms with Gasteiger partial charge in [-0.1, -0.05) is 0 Å². The monoisotopic (exact) mass is 365 g/mol. The zero-order valence-electron chi connectivity index (χ0n) is 14.3. The molecule has 1 aromatic rings. The molecule has 0 saturated carbocycles. The van der Waals surface area contributed by atoms with Crippen LogP contribution < -0.4 is 0 Å². The van der Waals surface area contributed by atoms with Crippen molar-refractivity contribution in [2.75, 3.05) is 31.6 Å². The summed E-state index contributed by atoms with van der Waals surface area (Å²) in [6, 6.07) is 3.25. The van der Waals surface area contributed by atoms with E-state index in [1.807, 2.05) is 0 Å². The lowest BCUT2D eigenvalue weighted by atomic mass is 9.94. The average molecular weight is 365 g/mol. The second kappa shape index (κ2) is 7.11. The molecule has 2 aliphatic rings. The molecule has 0 aromatic carbocycles. The second-order valence-corrected chi connectivity index (χ2v) is 9.04. The minimum atomic E-state index is -3.01. The zero-order valence-corrected chi connectivity index (χ0v) is 15.1. The van der Waals surface area contributed by atoms with Crippen molar-refractivity contribution in [1.29, 1.82) is 0 Å². The lowest BCUT2D eigenvalue weighted by Crippen LogP contribution is -2.46. The molecule has 136 valence electrons. The van der Waals surface area contributed by atoms with Crippen LogP contribution in [0, 0.1) is 5.92 Å². The van der Waals surface area contributed by atoms with Crippen molar-refractivity contribution in [2.45, 2.75) is 25.3 Å². The maximum Gasteiger partial charge on any atom is 0.255 e. The maximum absolute atomic E-state index is 12.7. The van der Waals surface area contributed by atoms with E-state index < -0.39 is 9.84 Å². The molecule has 0 bridgehead atoms. The third-order valence-electron chi connectivity index (χ3n) is 5.14. The molecular formula is C17H23N3O4S. The van der Waals surface area contributed by atoms with Gasteiger partial charge in [-0.15, -0.1) is 0 Å². The number of pyridine rings is 1. The fourth-order valence-corrected chi connectivity index (χ4v) is 5.32. The molecular weight excluding hydrogens is 342 g/mol. The first-order valence-electron chi connectivity index (χ1n) is 8.54. The predicted octanol–water partition coefficient (Wildman–Crippen LogP) is 0.579. The highest BCUT2D eigenvalue weighted by molar-refractivity contribution is 7.91. The molecule has 1 atom stereocenters. The lowest BCUT2D eigenvalue weighted by molar-refractivity contribution is -0.137.